The predicted octanol–water partition coefficient (Wildman–Crippen LogP) is 1.79. The van der Waals surface area contributed by atoms with Crippen LogP contribution in [0.15, 0.2) is 0 Å². The first-order valence-corrected chi connectivity index (χ1v) is 7.29. The minimum Gasteiger partial charge on any atom is -0.481 e. The molecule has 1 rings (SSSR count). The number of rotatable bonds is 9. The number of carbonyl (C=O) groups excluding carboxylic acids is 1. The zero-order valence-electron chi connectivity index (χ0n) is 12.7. The number of carboxylic acid groups (broad SMARTS) is 1. The van der Waals surface area contributed by atoms with E-state index in [2.05, 4.69) is 0 Å². The summed E-state index contributed by atoms with van der Waals surface area (Å²) in [5, 5.41) is 8.81. The van der Waals surface area contributed by atoms with Gasteiger partial charge in [-0.15, -0.1) is 0 Å². The zero-order chi connectivity index (χ0) is 15.1. The predicted molar refractivity (Wildman–Crippen MR) is 75.7 cm³/mol. The van der Waals surface area contributed by atoms with Crippen LogP contribution in [0.3, 0.4) is 0 Å². The van der Waals surface area contributed by atoms with E-state index in [1.807, 2.05) is 13.8 Å². The van der Waals surface area contributed by atoms with Crippen molar-refractivity contribution in [2.75, 3.05) is 26.8 Å². The largest absolute Gasteiger partial charge is 0.481 e. The third-order valence-corrected chi connectivity index (χ3v) is 3.70. The van der Waals surface area contributed by atoms with Crippen LogP contribution in [0.4, 0.5) is 4.79 Å². The number of methoxy groups -OCH3 is 1. The zero-order valence-corrected chi connectivity index (χ0v) is 12.7. The third-order valence-electron chi connectivity index (χ3n) is 3.70. The summed E-state index contributed by atoms with van der Waals surface area (Å²) in [7, 11) is 1.61. The molecule has 6 nitrogen and oxygen atoms in total. The number of amides is 2. The molecule has 1 unspecified atom stereocenters. The van der Waals surface area contributed by atoms with Crippen molar-refractivity contribution in [3.8, 4) is 0 Å². The fourth-order valence-electron chi connectivity index (χ4n) is 2.12. The van der Waals surface area contributed by atoms with Crippen LogP contribution in [0.5, 0.6) is 0 Å². The van der Waals surface area contributed by atoms with Gasteiger partial charge in [-0.1, -0.05) is 6.92 Å². The summed E-state index contributed by atoms with van der Waals surface area (Å²) in [6, 6.07) is 0.292. The number of hydrogen-bond acceptors (Lipinski definition) is 3. The summed E-state index contributed by atoms with van der Waals surface area (Å²) >= 11 is 0. The Morgan fingerprint density at radius 2 is 2.00 bits per heavy atom. The van der Waals surface area contributed by atoms with Crippen molar-refractivity contribution in [1.29, 1.82) is 0 Å². The Balaban J connectivity index is 2.69. The molecule has 1 aliphatic rings. The Morgan fingerprint density at radius 3 is 2.45 bits per heavy atom. The molecular weight excluding hydrogens is 260 g/mol. The topological polar surface area (TPSA) is 70.1 Å². The van der Waals surface area contributed by atoms with Crippen molar-refractivity contribution in [2.45, 2.75) is 51.6 Å². The number of ether oxygens (including phenoxy) is 1. The molecule has 2 amide bonds. The van der Waals surface area contributed by atoms with E-state index in [0.717, 1.165) is 19.3 Å². The van der Waals surface area contributed by atoms with Crippen LogP contribution < -0.4 is 0 Å². The first kappa shape index (κ1) is 16.8. The molecular formula is C14H26N2O4. The van der Waals surface area contributed by atoms with Gasteiger partial charge in [0.15, 0.2) is 0 Å². The highest BCUT2D eigenvalue weighted by Gasteiger charge is 2.35. The second kappa shape index (κ2) is 8.09. The van der Waals surface area contributed by atoms with E-state index in [1.165, 1.54) is 0 Å². The lowest BCUT2D eigenvalue weighted by Gasteiger charge is -2.34. The summed E-state index contributed by atoms with van der Waals surface area (Å²) in [5.41, 5.74) is 0. The normalized spacial score (nSPS) is 15.8. The van der Waals surface area contributed by atoms with E-state index in [-0.39, 0.29) is 24.5 Å². The van der Waals surface area contributed by atoms with Crippen molar-refractivity contribution in [3.05, 3.63) is 0 Å². The second-order valence-corrected chi connectivity index (χ2v) is 5.29. The molecule has 1 aliphatic carbocycles. The van der Waals surface area contributed by atoms with E-state index in [9.17, 15) is 9.59 Å². The minimum absolute atomic E-state index is 0.000857. The number of aliphatic carboxylic acids is 1. The smallest absolute Gasteiger partial charge is 0.320 e. The van der Waals surface area contributed by atoms with Crippen LogP contribution in [-0.2, 0) is 9.53 Å². The van der Waals surface area contributed by atoms with E-state index < -0.39 is 5.97 Å². The van der Waals surface area contributed by atoms with Gasteiger partial charge in [0.1, 0.15) is 0 Å². The summed E-state index contributed by atoms with van der Waals surface area (Å²) in [5.74, 6) is -0.865. The first-order valence-electron chi connectivity index (χ1n) is 7.29. The van der Waals surface area contributed by atoms with Gasteiger partial charge in [0.2, 0.25) is 0 Å². The number of carbonyl (C=O) groups is 2. The highest BCUT2D eigenvalue weighted by atomic mass is 16.5. The number of urea groups is 1. The van der Waals surface area contributed by atoms with Gasteiger partial charge in [-0.3, -0.25) is 4.79 Å². The van der Waals surface area contributed by atoms with Crippen LogP contribution in [0.2, 0.25) is 0 Å². The van der Waals surface area contributed by atoms with Crippen LogP contribution in [0.25, 0.3) is 0 Å². The summed E-state index contributed by atoms with van der Waals surface area (Å²) < 4.78 is 5.06. The van der Waals surface area contributed by atoms with Gasteiger partial charge in [-0.2, -0.15) is 0 Å². The number of carboxylic acids is 1. The monoisotopic (exact) mass is 286 g/mol. The molecule has 0 aromatic carbocycles. The van der Waals surface area contributed by atoms with Crippen LogP contribution in [0.1, 0.15) is 39.5 Å². The molecule has 1 saturated carbocycles. The second-order valence-electron chi connectivity index (χ2n) is 5.29. The maximum Gasteiger partial charge on any atom is 0.320 e. The van der Waals surface area contributed by atoms with Gasteiger partial charge < -0.3 is 19.6 Å². The molecule has 0 aromatic rings. The van der Waals surface area contributed by atoms with E-state index in [4.69, 9.17) is 9.84 Å². The molecule has 0 heterocycles. The van der Waals surface area contributed by atoms with Crippen molar-refractivity contribution in [2.24, 2.45) is 0 Å². The van der Waals surface area contributed by atoms with Gasteiger partial charge in [0.25, 0.3) is 0 Å². The highest BCUT2D eigenvalue weighted by Crippen LogP contribution is 2.28. The Hall–Kier alpha value is -1.30. The maximum atomic E-state index is 12.6. The molecule has 1 N–H and O–H groups in total. The molecule has 0 aliphatic heterocycles. The summed E-state index contributed by atoms with van der Waals surface area (Å²) in [6.07, 6.45) is 2.82. The van der Waals surface area contributed by atoms with Gasteiger partial charge in [-0.25, -0.2) is 4.79 Å². The molecule has 6 heteroatoms. The Labute approximate surface area is 120 Å². The molecule has 0 aromatic heterocycles. The molecule has 1 atom stereocenters. The molecule has 116 valence electrons. The number of nitrogens with zero attached hydrogens (tertiary/aromatic N) is 2. The van der Waals surface area contributed by atoms with Gasteiger partial charge >= 0.3 is 12.0 Å². The average molecular weight is 286 g/mol. The molecule has 0 spiro atoms. The van der Waals surface area contributed by atoms with Crippen molar-refractivity contribution in [1.82, 2.24) is 9.80 Å². The molecule has 20 heavy (non-hydrogen) atoms. The standard InChI is InChI=1S/C14H26N2O4/c1-4-11(2)15(9-10-20-3)14(19)16(12-5-6-12)8-7-13(17)18/h11-12H,4-10H2,1-3H3,(H,17,18). The molecule has 0 saturated heterocycles. The molecule has 0 radical (unpaired) electrons. The van der Waals surface area contributed by atoms with E-state index >= 15 is 0 Å². The Bertz CT molecular complexity index is 331. The van der Waals surface area contributed by atoms with E-state index in [0.29, 0.717) is 19.7 Å². The Morgan fingerprint density at radius 1 is 1.35 bits per heavy atom. The van der Waals surface area contributed by atoms with Crippen molar-refractivity contribution < 1.29 is 19.4 Å². The maximum absolute atomic E-state index is 12.6. The minimum atomic E-state index is -0.865. The van der Waals surface area contributed by atoms with Crippen molar-refractivity contribution in [3.63, 3.8) is 0 Å². The summed E-state index contributed by atoms with van der Waals surface area (Å²) in [4.78, 5) is 26.9. The van der Waals surface area contributed by atoms with Gasteiger partial charge in [0, 0.05) is 32.3 Å². The lowest BCUT2D eigenvalue weighted by atomic mass is 10.2. The fourth-order valence-corrected chi connectivity index (χ4v) is 2.12. The SMILES string of the molecule is CCC(C)N(CCOC)C(=O)N(CCC(=O)O)C1CC1. The lowest BCUT2D eigenvalue weighted by molar-refractivity contribution is -0.137. The van der Waals surface area contributed by atoms with Gasteiger partial charge in [-0.05, 0) is 26.2 Å². The Kier molecular flexibility index (Phi) is 6.78. The average Bonchev–Trinajstić information content (AvgIpc) is 3.23. The fraction of sp³-hybridized carbons (Fsp3) is 0.857. The highest BCUT2D eigenvalue weighted by molar-refractivity contribution is 5.76. The quantitative estimate of drug-likeness (QED) is 0.701. The lowest BCUT2D eigenvalue weighted by Crippen LogP contribution is -2.49. The summed E-state index contributed by atoms with van der Waals surface area (Å²) in [6.45, 7) is 5.37. The molecule has 1 fully saturated rings. The number of hydrogen-bond donors (Lipinski definition) is 1. The van der Waals surface area contributed by atoms with Crippen molar-refractivity contribution >= 4 is 12.0 Å². The molecule has 0 bridgehead atoms. The van der Waals surface area contributed by atoms with E-state index in [1.54, 1.807) is 16.9 Å². The van der Waals surface area contributed by atoms with Gasteiger partial charge in [0.05, 0.1) is 13.0 Å². The van der Waals surface area contributed by atoms with Crippen LogP contribution in [-0.4, -0.2) is 65.8 Å². The first-order chi connectivity index (χ1) is 9.51. The third kappa shape index (κ3) is 5.00. The van der Waals surface area contributed by atoms with Crippen LogP contribution >= 0.6 is 0 Å². The van der Waals surface area contributed by atoms with Crippen LogP contribution in [0, 0.1) is 0 Å².